The van der Waals surface area contributed by atoms with E-state index < -0.39 is 35.1 Å². The minimum atomic E-state index is -1.76. The Balaban J connectivity index is 1.42. The molecule has 0 aromatic heterocycles. The van der Waals surface area contributed by atoms with Gasteiger partial charge in [0.25, 0.3) is 0 Å². The van der Waals surface area contributed by atoms with Crippen LogP contribution in [0.25, 0.3) is 0 Å². The van der Waals surface area contributed by atoms with Crippen molar-refractivity contribution in [2.75, 3.05) is 0 Å². The highest BCUT2D eigenvalue weighted by atomic mass is 16.3. The fourth-order valence-electron chi connectivity index (χ4n) is 6.31. The molecule has 6 aromatic rings. The van der Waals surface area contributed by atoms with E-state index in [0.717, 1.165) is 0 Å². The maximum atomic E-state index is 14.1. The van der Waals surface area contributed by atoms with E-state index in [1.807, 2.05) is 109 Å². The summed E-state index contributed by atoms with van der Waals surface area (Å²) in [7, 11) is 0. The summed E-state index contributed by atoms with van der Waals surface area (Å²) in [6, 6.07) is 52.3. The summed E-state index contributed by atoms with van der Waals surface area (Å²) in [6.45, 7) is 0. The van der Waals surface area contributed by atoms with Crippen molar-refractivity contribution in [1.29, 1.82) is 0 Å². The Morgan fingerprint density at radius 2 is 0.583 bits per heavy atom. The summed E-state index contributed by atoms with van der Waals surface area (Å²) in [6.07, 6.45) is 0. The van der Waals surface area contributed by atoms with Gasteiger partial charge in [0, 0.05) is 0 Å². The molecule has 2 amide bonds. The standard InChI is InChI=1S/C42H36N2O4/c45-39(43-37(31-19-7-1-8-20-31)41(47,33-23-11-3-12-24-33)34-25-13-4-14-26-34)40(46)44-38(32-21-9-2-10-22-32)42(48,35-27-15-5-16-28-35)36-29-17-6-18-30-36/h1-30,37-38,47-48H,(H,43,45)(H,44,46)/t37-,38-/m0/s1. The van der Waals surface area contributed by atoms with Crippen LogP contribution in [0.4, 0.5) is 0 Å². The number of hydrogen-bond acceptors (Lipinski definition) is 4. The summed E-state index contributed by atoms with van der Waals surface area (Å²) in [5.74, 6) is -1.95. The van der Waals surface area contributed by atoms with Crippen LogP contribution < -0.4 is 10.6 Å². The zero-order valence-electron chi connectivity index (χ0n) is 26.2. The monoisotopic (exact) mass is 632 g/mol. The van der Waals surface area contributed by atoms with Crippen molar-refractivity contribution in [2.45, 2.75) is 23.3 Å². The van der Waals surface area contributed by atoms with Gasteiger partial charge in [0.15, 0.2) is 0 Å². The van der Waals surface area contributed by atoms with E-state index in [-0.39, 0.29) is 0 Å². The van der Waals surface area contributed by atoms with Gasteiger partial charge in [-0.1, -0.05) is 182 Å². The molecule has 0 saturated heterocycles. The third-order valence-electron chi connectivity index (χ3n) is 8.71. The second kappa shape index (κ2) is 14.3. The average molecular weight is 633 g/mol. The molecular formula is C42H36N2O4. The molecule has 238 valence electrons. The third-order valence-corrected chi connectivity index (χ3v) is 8.71. The number of benzene rings is 6. The van der Waals surface area contributed by atoms with Gasteiger partial charge in [-0.2, -0.15) is 0 Å². The highest BCUT2D eigenvalue weighted by Crippen LogP contribution is 2.43. The normalized spacial score (nSPS) is 12.8. The number of carbonyl (C=O) groups excluding carboxylic acids is 2. The van der Waals surface area contributed by atoms with E-state index in [0.29, 0.717) is 33.4 Å². The van der Waals surface area contributed by atoms with Crippen LogP contribution in [0.2, 0.25) is 0 Å². The first kappa shape index (κ1) is 32.1. The molecule has 0 aliphatic rings. The van der Waals surface area contributed by atoms with Crippen LogP contribution in [0.15, 0.2) is 182 Å². The quantitative estimate of drug-likeness (QED) is 0.128. The van der Waals surface area contributed by atoms with E-state index >= 15 is 0 Å². The van der Waals surface area contributed by atoms with Gasteiger partial charge in [0.2, 0.25) is 0 Å². The molecule has 48 heavy (non-hydrogen) atoms. The Bertz CT molecular complexity index is 1700. The van der Waals surface area contributed by atoms with Crippen LogP contribution in [0.3, 0.4) is 0 Å². The molecule has 0 radical (unpaired) electrons. The summed E-state index contributed by atoms with van der Waals surface area (Å²) in [5.41, 5.74) is -0.171. The Labute approximate surface area is 280 Å². The fraction of sp³-hybridized carbons (Fsp3) is 0.0952. The van der Waals surface area contributed by atoms with Crippen molar-refractivity contribution in [3.8, 4) is 0 Å². The Kier molecular flexibility index (Phi) is 9.57. The van der Waals surface area contributed by atoms with E-state index in [4.69, 9.17) is 0 Å². The Hall–Kier alpha value is -5.82. The molecule has 0 unspecified atom stereocenters. The van der Waals surface area contributed by atoms with Gasteiger partial charge in [-0.3, -0.25) is 9.59 Å². The van der Waals surface area contributed by atoms with Crippen LogP contribution >= 0.6 is 0 Å². The number of nitrogens with one attached hydrogen (secondary N) is 2. The van der Waals surface area contributed by atoms with Gasteiger partial charge in [-0.05, 0) is 33.4 Å². The molecule has 0 aliphatic heterocycles. The number of aliphatic hydroxyl groups is 2. The molecule has 0 bridgehead atoms. The molecule has 0 aliphatic carbocycles. The van der Waals surface area contributed by atoms with E-state index in [1.54, 1.807) is 72.8 Å². The fourth-order valence-corrected chi connectivity index (χ4v) is 6.31. The summed E-state index contributed by atoms with van der Waals surface area (Å²) in [4.78, 5) is 28.2. The zero-order chi connectivity index (χ0) is 33.4. The lowest BCUT2D eigenvalue weighted by Crippen LogP contribution is -2.52. The summed E-state index contributed by atoms with van der Waals surface area (Å²) >= 11 is 0. The van der Waals surface area contributed by atoms with Crippen LogP contribution in [0, 0.1) is 0 Å². The smallest absolute Gasteiger partial charge is 0.309 e. The lowest BCUT2D eigenvalue weighted by atomic mass is 9.77. The molecular weight excluding hydrogens is 596 g/mol. The van der Waals surface area contributed by atoms with Crippen LogP contribution in [0.5, 0.6) is 0 Å². The van der Waals surface area contributed by atoms with Crippen LogP contribution in [-0.2, 0) is 20.8 Å². The van der Waals surface area contributed by atoms with Crippen molar-refractivity contribution in [2.24, 2.45) is 0 Å². The largest absolute Gasteiger partial charge is 0.378 e. The summed E-state index contributed by atoms with van der Waals surface area (Å²) in [5, 5.41) is 31.1. The van der Waals surface area contributed by atoms with Crippen molar-refractivity contribution >= 4 is 11.8 Å². The van der Waals surface area contributed by atoms with Crippen molar-refractivity contribution in [3.05, 3.63) is 215 Å². The van der Waals surface area contributed by atoms with E-state index in [2.05, 4.69) is 10.6 Å². The third kappa shape index (κ3) is 6.40. The number of amides is 2. The van der Waals surface area contributed by atoms with Gasteiger partial charge in [-0.15, -0.1) is 0 Å². The van der Waals surface area contributed by atoms with Gasteiger partial charge in [0.05, 0.1) is 12.1 Å². The predicted octanol–water partition coefficient (Wildman–Crippen LogP) is 6.57. The van der Waals surface area contributed by atoms with Crippen molar-refractivity contribution in [3.63, 3.8) is 0 Å². The minimum absolute atomic E-state index is 0.537. The van der Waals surface area contributed by atoms with Crippen molar-refractivity contribution in [1.82, 2.24) is 10.6 Å². The number of carbonyl (C=O) groups is 2. The molecule has 0 spiro atoms. The lowest BCUT2D eigenvalue weighted by Gasteiger charge is -2.39. The topological polar surface area (TPSA) is 98.7 Å². The SMILES string of the molecule is O=C(N[C@@H](c1ccccc1)C(O)(c1ccccc1)c1ccccc1)C(=O)N[C@@H](c1ccccc1)C(O)(c1ccccc1)c1ccccc1. The highest BCUT2D eigenvalue weighted by molar-refractivity contribution is 6.35. The van der Waals surface area contributed by atoms with E-state index in [9.17, 15) is 19.8 Å². The second-order valence-electron chi connectivity index (χ2n) is 11.6. The minimum Gasteiger partial charge on any atom is -0.378 e. The molecule has 0 heterocycles. The molecule has 6 nitrogen and oxygen atoms in total. The molecule has 6 aromatic carbocycles. The molecule has 6 rings (SSSR count). The van der Waals surface area contributed by atoms with Crippen molar-refractivity contribution < 1.29 is 19.8 Å². The predicted molar refractivity (Wildman–Crippen MR) is 186 cm³/mol. The van der Waals surface area contributed by atoms with Gasteiger partial charge in [0.1, 0.15) is 11.2 Å². The zero-order valence-corrected chi connectivity index (χ0v) is 26.2. The summed E-state index contributed by atoms with van der Waals surface area (Å²) < 4.78 is 0. The maximum Gasteiger partial charge on any atom is 0.309 e. The Morgan fingerprint density at radius 3 is 0.812 bits per heavy atom. The first-order chi connectivity index (χ1) is 23.4. The van der Waals surface area contributed by atoms with Gasteiger partial charge in [-0.25, -0.2) is 0 Å². The lowest BCUT2D eigenvalue weighted by molar-refractivity contribution is -0.142. The van der Waals surface area contributed by atoms with Gasteiger partial charge >= 0.3 is 11.8 Å². The van der Waals surface area contributed by atoms with Crippen LogP contribution in [0.1, 0.15) is 45.5 Å². The van der Waals surface area contributed by atoms with Gasteiger partial charge < -0.3 is 20.8 Å². The van der Waals surface area contributed by atoms with Crippen LogP contribution in [-0.4, -0.2) is 22.0 Å². The maximum absolute atomic E-state index is 14.1. The molecule has 4 N–H and O–H groups in total. The second-order valence-corrected chi connectivity index (χ2v) is 11.6. The molecule has 6 heteroatoms. The number of hydrogen-bond donors (Lipinski definition) is 4. The highest BCUT2D eigenvalue weighted by Gasteiger charge is 2.45. The average Bonchev–Trinajstić information content (AvgIpc) is 3.17. The molecule has 0 saturated carbocycles. The number of rotatable bonds is 10. The first-order valence-electron chi connectivity index (χ1n) is 15.8. The molecule has 2 atom stereocenters. The van der Waals surface area contributed by atoms with E-state index in [1.165, 1.54) is 0 Å². The Morgan fingerprint density at radius 1 is 0.375 bits per heavy atom. The molecule has 0 fully saturated rings. The first-order valence-corrected chi connectivity index (χ1v) is 15.8.